The van der Waals surface area contributed by atoms with Gasteiger partial charge in [0.05, 0.1) is 11.9 Å². The van der Waals surface area contributed by atoms with Crippen LogP contribution in [0.4, 0.5) is 10.1 Å². The number of aromatic nitrogens is 2. The van der Waals surface area contributed by atoms with Crippen molar-refractivity contribution in [1.29, 1.82) is 0 Å². The number of ether oxygens (including phenoxy) is 1. The first-order valence-electron chi connectivity index (χ1n) is 7.52. The van der Waals surface area contributed by atoms with Gasteiger partial charge < -0.3 is 10.1 Å². The molecule has 9 nitrogen and oxygen atoms in total. The number of carbonyl (C=O) groups is 2. The maximum Gasteiger partial charge on any atom is 0.321 e. The summed E-state index contributed by atoms with van der Waals surface area (Å²) in [6.07, 6.45) is 1.09. The monoisotopic (exact) mass is 418 g/mol. The molecule has 0 aliphatic heterocycles. The smallest absolute Gasteiger partial charge is 0.321 e. The standard InChI is InChI=1S/C15H16ClFN4O5S/c1-9(15(23)20-13-4-3-10(16)5-12(13)17)26-14(22)7-19-27(24,25)11-6-18-21(2)8-11/h3-6,8-9,19H,7H2,1-2H3,(H,20,23). The predicted molar refractivity (Wildman–Crippen MR) is 94.0 cm³/mol. The molecule has 0 saturated carbocycles. The molecule has 0 radical (unpaired) electrons. The van der Waals surface area contributed by atoms with E-state index in [9.17, 15) is 22.4 Å². The third kappa shape index (κ3) is 5.74. The van der Waals surface area contributed by atoms with Gasteiger partial charge in [-0.3, -0.25) is 14.3 Å². The number of rotatable bonds is 7. The van der Waals surface area contributed by atoms with Crippen LogP contribution < -0.4 is 10.0 Å². The first-order chi connectivity index (χ1) is 12.6. The van der Waals surface area contributed by atoms with E-state index in [1.165, 1.54) is 37.0 Å². The molecule has 0 bridgehead atoms. The molecular formula is C15H16ClFN4O5S. The lowest BCUT2D eigenvalue weighted by Gasteiger charge is -2.14. The summed E-state index contributed by atoms with van der Waals surface area (Å²) in [6.45, 7) is 0.570. The Hall–Kier alpha value is -2.50. The molecule has 0 aliphatic rings. The highest BCUT2D eigenvalue weighted by Crippen LogP contribution is 2.19. The number of esters is 1. The topological polar surface area (TPSA) is 119 Å². The van der Waals surface area contributed by atoms with Gasteiger partial charge >= 0.3 is 5.97 Å². The number of benzene rings is 1. The molecule has 2 rings (SSSR count). The van der Waals surface area contributed by atoms with Gasteiger partial charge in [0.25, 0.3) is 5.91 Å². The Bertz CT molecular complexity index is 963. The van der Waals surface area contributed by atoms with Crippen LogP contribution in [-0.4, -0.2) is 42.7 Å². The molecule has 1 aromatic heterocycles. The van der Waals surface area contributed by atoms with Crippen LogP contribution in [0.15, 0.2) is 35.5 Å². The second-order valence-electron chi connectivity index (χ2n) is 5.42. The Labute approximate surface area is 159 Å². The molecule has 1 atom stereocenters. The second kappa shape index (κ2) is 8.46. The summed E-state index contributed by atoms with van der Waals surface area (Å²) in [4.78, 5) is 23.6. The minimum atomic E-state index is -3.95. The van der Waals surface area contributed by atoms with Crippen LogP contribution in [0, 0.1) is 5.82 Å². The fourth-order valence-electron chi connectivity index (χ4n) is 1.89. The Balaban J connectivity index is 1.88. The quantitative estimate of drug-likeness (QED) is 0.649. The molecule has 146 valence electrons. The molecule has 1 heterocycles. The Morgan fingerprint density at radius 1 is 1.41 bits per heavy atom. The number of hydrogen-bond donors (Lipinski definition) is 2. The molecule has 1 amide bonds. The number of aryl methyl sites for hydroxylation is 1. The van der Waals surface area contributed by atoms with Crippen molar-refractivity contribution in [2.24, 2.45) is 7.05 Å². The number of sulfonamides is 1. The Morgan fingerprint density at radius 2 is 2.11 bits per heavy atom. The van der Waals surface area contributed by atoms with Crippen molar-refractivity contribution in [2.75, 3.05) is 11.9 Å². The summed E-state index contributed by atoms with van der Waals surface area (Å²) in [6, 6.07) is 3.65. The Morgan fingerprint density at radius 3 is 2.70 bits per heavy atom. The van der Waals surface area contributed by atoms with Crippen molar-refractivity contribution in [3.8, 4) is 0 Å². The predicted octanol–water partition coefficient (Wildman–Crippen LogP) is 1.06. The van der Waals surface area contributed by atoms with Gasteiger partial charge in [0, 0.05) is 18.3 Å². The van der Waals surface area contributed by atoms with Crippen LogP contribution in [0.1, 0.15) is 6.92 Å². The van der Waals surface area contributed by atoms with E-state index in [0.717, 1.165) is 12.3 Å². The number of nitrogens with one attached hydrogen (secondary N) is 2. The largest absolute Gasteiger partial charge is 0.452 e. The highest BCUT2D eigenvalue weighted by molar-refractivity contribution is 7.89. The van der Waals surface area contributed by atoms with E-state index in [0.29, 0.717) is 0 Å². The minimum Gasteiger partial charge on any atom is -0.452 e. The zero-order chi connectivity index (χ0) is 20.2. The fourth-order valence-corrected chi connectivity index (χ4v) is 3.00. The maximum atomic E-state index is 13.7. The lowest BCUT2D eigenvalue weighted by molar-refractivity contribution is -0.151. The lowest BCUT2D eigenvalue weighted by atomic mass is 10.3. The molecule has 27 heavy (non-hydrogen) atoms. The summed E-state index contributed by atoms with van der Waals surface area (Å²) in [5.41, 5.74) is -0.135. The maximum absolute atomic E-state index is 13.7. The summed E-state index contributed by atoms with van der Waals surface area (Å²) in [7, 11) is -2.41. The molecule has 12 heteroatoms. The number of carbonyl (C=O) groups excluding carboxylic acids is 2. The van der Waals surface area contributed by atoms with E-state index in [1.807, 2.05) is 4.72 Å². The third-order valence-corrected chi connectivity index (χ3v) is 4.86. The van der Waals surface area contributed by atoms with Crippen LogP contribution in [0.25, 0.3) is 0 Å². The third-order valence-electron chi connectivity index (χ3n) is 3.26. The van der Waals surface area contributed by atoms with Crippen molar-refractivity contribution in [1.82, 2.24) is 14.5 Å². The summed E-state index contributed by atoms with van der Waals surface area (Å²) in [5, 5.41) is 6.13. The van der Waals surface area contributed by atoms with E-state index in [4.69, 9.17) is 16.3 Å². The molecule has 1 unspecified atom stereocenters. The van der Waals surface area contributed by atoms with Gasteiger partial charge in [-0.2, -0.15) is 9.82 Å². The van der Waals surface area contributed by atoms with Crippen molar-refractivity contribution < 1.29 is 27.1 Å². The van der Waals surface area contributed by atoms with Crippen LogP contribution in [-0.2, 0) is 31.4 Å². The Kier molecular flexibility index (Phi) is 6.52. The summed E-state index contributed by atoms with van der Waals surface area (Å²) in [5.74, 6) is -2.53. The number of halogens is 2. The molecule has 0 spiro atoms. The van der Waals surface area contributed by atoms with Gasteiger partial charge in [0.15, 0.2) is 6.10 Å². The molecule has 0 aliphatic carbocycles. The van der Waals surface area contributed by atoms with Crippen LogP contribution in [0.2, 0.25) is 5.02 Å². The molecule has 2 N–H and O–H groups in total. The molecule has 1 aromatic carbocycles. The summed E-state index contributed by atoms with van der Waals surface area (Å²) >= 11 is 5.62. The zero-order valence-corrected chi connectivity index (χ0v) is 15.8. The second-order valence-corrected chi connectivity index (χ2v) is 7.62. The van der Waals surface area contributed by atoms with Gasteiger partial charge in [-0.1, -0.05) is 11.6 Å². The van der Waals surface area contributed by atoms with E-state index in [1.54, 1.807) is 0 Å². The van der Waals surface area contributed by atoms with E-state index < -0.39 is 40.4 Å². The first kappa shape index (κ1) is 20.8. The van der Waals surface area contributed by atoms with Gasteiger partial charge in [-0.05, 0) is 25.1 Å². The fraction of sp³-hybridized carbons (Fsp3) is 0.267. The lowest BCUT2D eigenvalue weighted by Crippen LogP contribution is -2.35. The normalized spacial score (nSPS) is 12.4. The molecule has 0 saturated heterocycles. The molecule has 0 fully saturated rings. The highest BCUT2D eigenvalue weighted by atomic mass is 35.5. The SMILES string of the molecule is CC(OC(=O)CNS(=O)(=O)c1cnn(C)c1)C(=O)Nc1ccc(Cl)cc1F. The molecule has 2 aromatic rings. The zero-order valence-electron chi connectivity index (χ0n) is 14.3. The van der Waals surface area contributed by atoms with Gasteiger partial charge in [-0.15, -0.1) is 0 Å². The van der Waals surface area contributed by atoms with Crippen molar-refractivity contribution in [3.63, 3.8) is 0 Å². The van der Waals surface area contributed by atoms with E-state index >= 15 is 0 Å². The first-order valence-corrected chi connectivity index (χ1v) is 9.38. The van der Waals surface area contributed by atoms with Crippen LogP contribution in [0.3, 0.4) is 0 Å². The van der Waals surface area contributed by atoms with Crippen molar-refractivity contribution in [2.45, 2.75) is 17.9 Å². The minimum absolute atomic E-state index is 0.123. The van der Waals surface area contributed by atoms with E-state index in [-0.39, 0.29) is 15.6 Å². The number of nitrogens with zero attached hydrogens (tertiary/aromatic N) is 2. The number of anilines is 1. The average Bonchev–Trinajstić information content (AvgIpc) is 3.03. The number of amides is 1. The molecular weight excluding hydrogens is 403 g/mol. The summed E-state index contributed by atoms with van der Waals surface area (Å²) < 4.78 is 45.8. The van der Waals surface area contributed by atoms with Crippen LogP contribution >= 0.6 is 11.6 Å². The van der Waals surface area contributed by atoms with Gasteiger partial charge in [-0.25, -0.2) is 12.8 Å². The van der Waals surface area contributed by atoms with Gasteiger partial charge in [0.2, 0.25) is 10.0 Å². The average molecular weight is 419 g/mol. The van der Waals surface area contributed by atoms with Gasteiger partial charge in [0.1, 0.15) is 17.3 Å². The van der Waals surface area contributed by atoms with E-state index in [2.05, 4.69) is 10.4 Å². The van der Waals surface area contributed by atoms with Crippen molar-refractivity contribution >= 4 is 39.2 Å². The van der Waals surface area contributed by atoms with Crippen LogP contribution in [0.5, 0.6) is 0 Å². The van der Waals surface area contributed by atoms with Crippen molar-refractivity contribution in [3.05, 3.63) is 41.4 Å². The highest BCUT2D eigenvalue weighted by Gasteiger charge is 2.22. The number of hydrogen-bond acceptors (Lipinski definition) is 6.